The van der Waals surface area contributed by atoms with Crippen LogP contribution in [-0.4, -0.2) is 0 Å². The van der Waals surface area contributed by atoms with E-state index < -0.39 is 6.43 Å². The summed E-state index contributed by atoms with van der Waals surface area (Å²) < 4.78 is 20.5. The fraction of sp³-hybridized carbons (Fsp3) is 0.417. The van der Waals surface area contributed by atoms with Gasteiger partial charge < -0.3 is 8.78 Å². The van der Waals surface area contributed by atoms with Gasteiger partial charge in [0.1, 0.15) is 0 Å². The molecule has 1 rings (SSSR count). The third-order valence-electron chi connectivity index (χ3n) is 0.885. The summed E-state index contributed by atoms with van der Waals surface area (Å²) in [7, 11) is 0. The average Bonchev–Trinajstić information content (AvgIpc) is 2.05. The molecular formula is C12H18F2U. The van der Waals surface area contributed by atoms with Crippen LogP contribution in [0.2, 0.25) is 0 Å². The molecule has 0 unspecified atom stereocenters. The molecule has 0 N–H and O–H groups in total. The molecular weight excluding hydrogens is 420 g/mol. The number of hydrogen-bond donors (Lipinski definition) is 0. The van der Waals surface area contributed by atoms with Gasteiger partial charge in [-0.05, 0) is 6.43 Å². The molecule has 0 heterocycles. The second-order valence-corrected chi connectivity index (χ2v) is 2.73. The predicted octanol–water partition coefficient (Wildman–Crippen LogP) is 4.65. The Hall–Kier alpha value is 0.132. The zero-order chi connectivity index (χ0) is 11.4. The number of hydrogen-bond acceptors (Lipinski definition) is 0. The number of benzene rings is 1. The monoisotopic (exact) mass is 438 g/mol. The molecule has 0 radical (unpaired) electrons. The Labute approximate surface area is 116 Å². The first-order valence-electron chi connectivity index (χ1n) is 4.61. The molecule has 1 aromatic rings. The minimum atomic E-state index is -1.58. The normalized spacial score (nSPS) is 7.67. The zero-order valence-electron chi connectivity index (χ0n) is 9.77. The Bertz CT molecular complexity index is 185. The second-order valence-electron chi connectivity index (χ2n) is 2.73. The molecule has 84 valence electrons. The van der Waals surface area contributed by atoms with Crippen LogP contribution >= 0.6 is 0 Å². The Morgan fingerprint density at radius 3 is 1.60 bits per heavy atom. The molecule has 0 aromatic heterocycles. The molecule has 0 atom stereocenters. The third-order valence-corrected chi connectivity index (χ3v) is 0.885. The Kier molecular flexibility index (Phi) is 22.7. The van der Waals surface area contributed by atoms with Gasteiger partial charge >= 0.3 is 31.1 Å². The molecule has 3 heteroatoms. The first-order valence-corrected chi connectivity index (χ1v) is 4.61. The van der Waals surface area contributed by atoms with E-state index in [4.69, 9.17) is 0 Å². The largest absolute Gasteiger partial charge is 2.00 e. The van der Waals surface area contributed by atoms with Crippen LogP contribution in [0.3, 0.4) is 0 Å². The zero-order valence-corrected chi connectivity index (χ0v) is 13.9. The Morgan fingerprint density at radius 2 is 1.47 bits per heavy atom. The van der Waals surface area contributed by atoms with Crippen molar-refractivity contribution in [1.29, 1.82) is 0 Å². The van der Waals surface area contributed by atoms with Crippen molar-refractivity contribution in [3.63, 3.8) is 0 Å². The maximum atomic E-state index is 10.2. The van der Waals surface area contributed by atoms with Gasteiger partial charge in [-0.15, -0.1) is 6.92 Å². The van der Waals surface area contributed by atoms with E-state index in [1.54, 1.807) is 0 Å². The summed E-state index contributed by atoms with van der Waals surface area (Å²) in [5.74, 6) is 0. The van der Waals surface area contributed by atoms with E-state index in [1.807, 2.05) is 24.3 Å². The van der Waals surface area contributed by atoms with Crippen molar-refractivity contribution in [1.82, 2.24) is 0 Å². The molecule has 0 saturated heterocycles. The Balaban J connectivity index is -0.000000158. The fourth-order valence-electron chi connectivity index (χ4n) is 0.470. The molecule has 0 fully saturated rings. The second kappa shape index (κ2) is 16.6. The molecule has 0 aliphatic carbocycles. The fourth-order valence-corrected chi connectivity index (χ4v) is 0.470. The van der Waals surface area contributed by atoms with E-state index in [2.05, 4.69) is 26.8 Å². The summed E-state index contributed by atoms with van der Waals surface area (Å²) in [5.41, 5.74) is 1.29. The van der Waals surface area contributed by atoms with E-state index in [9.17, 15) is 8.78 Å². The van der Waals surface area contributed by atoms with Crippen LogP contribution in [0.15, 0.2) is 24.3 Å². The van der Waals surface area contributed by atoms with Crippen molar-refractivity contribution in [2.24, 2.45) is 0 Å². The van der Waals surface area contributed by atoms with Crippen LogP contribution in [0.4, 0.5) is 8.78 Å². The van der Waals surface area contributed by atoms with Crippen LogP contribution in [0, 0.1) is 50.5 Å². The topological polar surface area (TPSA) is 0 Å². The minimum Gasteiger partial charge on any atom is -0.422 e. The van der Waals surface area contributed by atoms with Gasteiger partial charge in [0.05, 0.1) is 0 Å². The van der Waals surface area contributed by atoms with Crippen molar-refractivity contribution in [2.75, 3.05) is 0 Å². The quantitative estimate of drug-likeness (QED) is 0.518. The van der Waals surface area contributed by atoms with Gasteiger partial charge in [-0.1, -0.05) is 27.2 Å². The summed E-state index contributed by atoms with van der Waals surface area (Å²) >= 11 is 0. The van der Waals surface area contributed by atoms with Crippen LogP contribution in [-0.2, 0) is 0 Å². The van der Waals surface area contributed by atoms with Crippen LogP contribution < -0.4 is 0 Å². The molecule has 0 aliphatic rings. The van der Waals surface area contributed by atoms with Crippen molar-refractivity contribution < 1.29 is 39.9 Å². The van der Waals surface area contributed by atoms with Crippen molar-refractivity contribution in [3.05, 3.63) is 42.3 Å². The summed E-state index contributed by atoms with van der Waals surface area (Å²) in [4.78, 5) is 0. The van der Waals surface area contributed by atoms with Crippen LogP contribution in [0.1, 0.15) is 32.8 Å². The van der Waals surface area contributed by atoms with Gasteiger partial charge in [-0.3, -0.25) is 0 Å². The van der Waals surface area contributed by atoms with E-state index in [1.165, 1.54) is 12.0 Å². The van der Waals surface area contributed by atoms with Crippen LogP contribution in [0.25, 0.3) is 0 Å². The molecule has 1 aromatic carbocycles. The SMILES string of the molecule is CCC.C[C-](F)F.Cc1cc[c-]cc1.[U+2]. The molecule has 0 bridgehead atoms. The Morgan fingerprint density at radius 1 is 1.20 bits per heavy atom. The van der Waals surface area contributed by atoms with Crippen molar-refractivity contribution in [2.45, 2.75) is 34.1 Å². The molecule has 0 aliphatic heterocycles. The molecule has 15 heavy (non-hydrogen) atoms. The summed E-state index contributed by atoms with van der Waals surface area (Å²) in [5, 5.41) is 0. The third kappa shape index (κ3) is 31.5. The first-order chi connectivity index (χ1) is 6.54. The summed E-state index contributed by atoms with van der Waals surface area (Å²) in [6.07, 6.45) is -0.333. The predicted molar refractivity (Wildman–Crippen MR) is 57.1 cm³/mol. The number of halogens is 2. The van der Waals surface area contributed by atoms with E-state index in [-0.39, 0.29) is 31.1 Å². The molecule has 0 saturated carbocycles. The van der Waals surface area contributed by atoms with E-state index >= 15 is 0 Å². The maximum absolute atomic E-state index is 10.2. The standard InChI is InChI=1S/C7H7.C3H8.C2H3F2.U/c1-7-5-3-2-4-6-7;1-3-2;1-2(3)4;/h3-6H,1H3;3H2,1-2H3;1H3;/q-1;;-1;+2. The van der Waals surface area contributed by atoms with Crippen molar-refractivity contribution >= 4 is 0 Å². The van der Waals surface area contributed by atoms with Gasteiger partial charge in [0.2, 0.25) is 0 Å². The van der Waals surface area contributed by atoms with E-state index in [0.29, 0.717) is 0 Å². The van der Waals surface area contributed by atoms with Gasteiger partial charge in [-0.2, -0.15) is 35.9 Å². The van der Waals surface area contributed by atoms with Gasteiger partial charge in [0.15, 0.2) is 0 Å². The molecule has 0 amide bonds. The van der Waals surface area contributed by atoms with Gasteiger partial charge in [0.25, 0.3) is 0 Å². The molecule has 0 spiro atoms. The van der Waals surface area contributed by atoms with E-state index in [0.717, 1.165) is 6.92 Å². The number of aryl methyl sites for hydroxylation is 1. The minimum absolute atomic E-state index is 0. The van der Waals surface area contributed by atoms with Gasteiger partial charge in [-0.25, -0.2) is 0 Å². The summed E-state index contributed by atoms with van der Waals surface area (Å²) in [6, 6.07) is 10.8. The van der Waals surface area contributed by atoms with Crippen LogP contribution in [0.5, 0.6) is 0 Å². The first kappa shape index (κ1) is 20.5. The maximum Gasteiger partial charge on any atom is 2.00 e. The van der Waals surface area contributed by atoms with Gasteiger partial charge in [0, 0.05) is 0 Å². The number of rotatable bonds is 0. The van der Waals surface area contributed by atoms with Crippen molar-refractivity contribution in [3.8, 4) is 0 Å². The summed E-state index contributed by atoms with van der Waals surface area (Å²) in [6.45, 7) is 7.06. The molecule has 0 nitrogen and oxygen atoms in total. The smallest absolute Gasteiger partial charge is 0.422 e. The average molecular weight is 438 g/mol.